The third-order valence-corrected chi connectivity index (χ3v) is 5.08. The Morgan fingerprint density at radius 3 is 2.36 bits per heavy atom. The van der Waals surface area contributed by atoms with Gasteiger partial charge in [0.05, 0.1) is 34.4 Å². The second-order valence-corrected chi connectivity index (χ2v) is 8.00. The maximum Gasteiger partial charge on any atom is 0.355 e. The van der Waals surface area contributed by atoms with Crippen molar-refractivity contribution in [3.05, 3.63) is 64.2 Å². The smallest absolute Gasteiger partial charge is 0.355 e. The quantitative estimate of drug-likeness (QED) is 0.527. The van der Waals surface area contributed by atoms with Crippen molar-refractivity contribution in [1.82, 2.24) is 14.8 Å². The van der Waals surface area contributed by atoms with Crippen LogP contribution in [0.25, 0.3) is 5.69 Å². The maximum atomic E-state index is 12.6. The summed E-state index contributed by atoms with van der Waals surface area (Å²) in [6.07, 6.45) is -0.288. The lowest BCUT2D eigenvalue weighted by atomic mass is 10.1. The number of benzene rings is 1. The van der Waals surface area contributed by atoms with E-state index in [2.05, 4.69) is 15.4 Å². The number of anilines is 1. The fraction of sp³-hybridized carbons (Fsp3) is 0.333. The Labute approximate surface area is 192 Å². The number of ether oxygens (including phenoxy) is 2. The molecule has 9 nitrogen and oxygen atoms in total. The van der Waals surface area contributed by atoms with Gasteiger partial charge in [0.15, 0.2) is 6.61 Å². The minimum absolute atomic E-state index is 0.111. The molecule has 3 aromatic rings. The number of amides is 1. The first kappa shape index (κ1) is 23.8. The molecule has 0 atom stereocenters. The molecule has 1 amide bonds. The number of hydrogen-bond acceptors (Lipinski definition) is 6. The number of hydrogen-bond donors (Lipinski definition) is 2. The SMILES string of the molecule is Cc1nn(-c2ccccc2)c(C)c1NC(=O)COC(=O)c1[nH]c(C)c(C(=O)OC(C)C)c1C. The van der Waals surface area contributed by atoms with Crippen LogP contribution in [0.4, 0.5) is 5.69 Å². The number of carbonyl (C=O) groups is 3. The monoisotopic (exact) mass is 452 g/mol. The topological polar surface area (TPSA) is 115 Å². The highest BCUT2D eigenvalue weighted by Gasteiger charge is 2.25. The van der Waals surface area contributed by atoms with Gasteiger partial charge >= 0.3 is 11.9 Å². The summed E-state index contributed by atoms with van der Waals surface area (Å²) in [7, 11) is 0. The molecule has 3 rings (SSSR count). The van der Waals surface area contributed by atoms with Crippen molar-refractivity contribution in [2.45, 2.75) is 47.6 Å². The van der Waals surface area contributed by atoms with Crippen LogP contribution in [0.5, 0.6) is 0 Å². The lowest BCUT2D eigenvalue weighted by Crippen LogP contribution is -2.22. The van der Waals surface area contributed by atoms with Crippen LogP contribution in [0.15, 0.2) is 30.3 Å². The first-order valence-electron chi connectivity index (χ1n) is 10.6. The lowest BCUT2D eigenvalue weighted by Gasteiger charge is -2.09. The minimum Gasteiger partial charge on any atom is -0.459 e. The number of aromatic amines is 1. The van der Waals surface area contributed by atoms with E-state index in [9.17, 15) is 14.4 Å². The summed E-state index contributed by atoms with van der Waals surface area (Å²) in [6.45, 7) is 9.93. The van der Waals surface area contributed by atoms with Crippen molar-refractivity contribution in [3.63, 3.8) is 0 Å². The summed E-state index contributed by atoms with van der Waals surface area (Å²) in [6, 6.07) is 9.55. The Hall–Kier alpha value is -3.88. The molecule has 0 saturated carbocycles. The molecule has 0 bridgehead atoms. The van der Waals surface area contributed by atoms with Gasteiger partial charge < -0.3 is 19.8 Å². The molecule has 9 heteroatoms. The predicted octanol–water partition coefficient (Wildman–Crippen LogP) is 3.79. The molecule has 0 saturated heterocycles. The fourth-order valence-corrected chi connectivity index (χ4v) is 3.56. The van der Waals surface area contributed by atoms with Gasteiger partial charge in [-0.2, -0.15) is 5.10 Å². The van der Waals surface area contributed by atoms with E-state index in [1.807, 2.05) is 37.3 Å². The molecule has 0 unspecified atom stereocenters. The molecule has 174 valence electrons. The highest BCUT2D eigenvalue weighted by Crippen LogP contribution is 2.23. The van der Waals surface area contributed by atoms with Crippen molar-refractivity contribution in [1.29, 1.82) is 0 Å². The van der Waals surface area contributed by atoms with Gasteiger partial charge in [0.1, 0.15) is 5.69 Å². The van der Waals surface area contributed by atoms with E-state index in [-0.39, 0.29) is 11.8 Å². The van der Waals surface area contributed by atoms with Gasteiger partial charge in [0, 0.05) is 5.69 Å². The van der Waals surface area contributed by atoms with Crippen molar-refractivity contribution < 1.29 is 23.9 Å². The summed E-state index contributed by atoms with van der Waals surface area (Å²) in [4.78, 5) is 40.2. The number of carbonyl (C=O) groups excluding carboxylic acids is 3. The van der Waals surface area contributed by atoms with E-state index in [1.165, 1.54) is 0 Å². The molecule has 0 aliphatic rings. The van der Waals surface area contributed by atoms with Gasteiger partial charge in [0.2, 0.25) is 0 Å². The van der Waals surface area contributed by atoms with E-state index in [0.717, 1.165) is 11.4 Å². The minimum atomic E-state index is -0.734. The van der Waals surface area contributed by atoms with E-state index >= 15 is 0 Å². The molecule has 0 aliphatic carbocycles. The number of rotatable bonds is 7. The van der Waals surface area contributed by atoms with Crippen LogP contribution in [0.1, 0.15) is 57.3 Å². The fourth-order valence-electron chi connectivity index (χ4n) is 3.56. The van der Waals surface area contributed by atoms with Gasteiger partial charge in [-0.15, -0.1) is 0 Å². The second-order valence-electron chi connectivity index (χ2n) is 8.00. The summed E-state index contributed by atoms with van der Waals surface area (Å²) >= 11 is 0. The van der Waals surface area contributed by atoms with E-state index < -0.39 is 24.5 Å². The predicted molar refractivity (Wildman–Crippen MR) is 123 cm³/mol. The van der Waals surface area contributed by atoms with Crippen LogP contribution >= 0.6 is 0 Å². The summed E-state index contributed by atoms with van der Waals surface area (Å²) in [5, 5.41) is 7.25. The maximum absolute atomic E-state index is 12.6. The average molecular weight is 453 g/mol. The third-order valence-electron chi connectivity index (χ3n) is 5.08. The zero-order chi connectivity index (χ0) is 24.3. The van der Waals surface area contributed by atoms with Gasteiger partial charge in [0.25, 0.3) is 5.91 Å². The number of H-pyrrole nitrogens is 1. The Balaban J connectivity index is 1.67. The van der Waals surface area contributed by atoms with Crippen LogP contribution in [0, 0.1) is 27.7 Å². The van der Waals surface area contributed by atoms with E-state index in [1.54, 1.807) is 39.3 Å². The van der Waals surface area contributed by atoms with E-state index in [0.29, 0.717) is 28.2 Å². The zero-order valence-corrected chi connectivity index (χ0v) is 19.6. The molecule has 33 heavy (non-hydrogen) atoms. The first-order chi connectivity index (χ1) is 15.6. The van der Waals surface area contributed by atoms with Gasteiger partial charge in [-0.25, -0.2) is 14.3 Å². The van der Waals surface area contributed by atoms with Crippen LogP contribution in [0.2, 0.25) is 0 Å². The lowest BCUT2D eigenvalue weighted by molar-refractivity contribution is -0.119. The van der Waals surface area contributed by atoms with E-state index in [4.69, 9.17) is 9.47 Å². The number of aromatic nitrogens is 3. The molecule has 2 aromatic heterocycles. The summed E-state index contributed by atoms with van der Waals surface area (Å²) in [5.74, 6) is -1.75. The van der Waals surface area contributed by atoms with Crippen LogP contribution in [-0.4, -0.2) is 45.3 Å². The molecular formula is C24H28N4O5. The zero-order valence-electron chi connectivity index (χ0n) is 19.6. The van der Waals surface area contributed by atoms with Crippen molar-refractivity contribution in [2.24, 2.45) is 0 Å². The second kappa shape index (κ2) is 9.72. The number of para-hydroxylation sites is 1. The van der Waals surface area contributed by atoms with Crippen LogP contribution in [0.3, 0.4) is 0 Å². The largest absolute Gasteiger partial charge is 0.459 e. The highest BCUT2D eigenvalue weighted by molar-refractivity contribution is 6.00. The molecular weight excluding hydrogens is 424 g/mol. The Kier molecular flexibility index (Phi) is 7.01. The third kappa shape index (κ3) is 5.14. The number of esters is 2. The number of nitrogens with one attached hydrogen (secondary N) is 2. The highest BCUT2D eigenvalue weighted by atomic mass is 16.5. The Morgan fingerprint density at radius 2 is 1.73 bits per heavy atom. The molecule has 0 fully saturated rings. The van der Waals surface area contributed by atoms with Crippen LogP contribution in [-0.2, 0) is 14.3 Å². The number of nitrogens with zero attached hydrogens (tertiary/aromatic N) is 2. The molecule has 2 heterocycles. The van der Waals surface area contributed by atoms with Gasteiger partial charge in [-0.05, 0) is 59.2 Å². The van der Waals surface area contributed by atoms with Crippen molar-refractivity contribution >= 4 is 23.5 Å². The summed E-state index contributed by atoms with van der Waals surface area (Å²) < 4.78 is 12.1. The molecule has 2 N–H and O–H groups in total. The number of aryl methyl sites for hydroxylation is 2. The molecule has 1 aromatic carbocycles. The molecule has 0 radical (unpaired) electrons. The van der Waals surface area contributed by atoms with Crippen molar-refractivity contribution in [3.8, 4) is 5.69 Å². The Morgan fingerprint density at radius 1 is 1.06 bits per heavy atom. The standard InChI is InChI=1S/C24H28N4O5/c1-13(2)33-23(30)20-14(3)21(25-15(20)4)24(31)32-12-19(29)26-22-16(5)27-28(17(22)6)18-10-8-7-9-11-18/h7-11,13,25H,12H2,1-6H3,(H,26,29). The first-order valence-corrected chi connectivity index (χ1v) is 10.6. The average Bonchev–Trinajstić information content (AvgIpc) is 3.22. The van der Waals surface area contributed by atoms with Gasteiger partial charge in [-0.3, -0.25) is 4.79 Å². The normalized spacial score (nSPS) is 10.9. The van der Waals surface area contributed by atoms with Crippen LogP contribution < -0.4 is 5.32 Å². The summed E-state index contributed by atoms with van der Waals surface area (Å²) in [5.41, 5.74) is 4.14. The van der Waals surface area contributed by atoms with Crippen molar-refractivity contribution in [2.75, 3.05) is 11.9 Å². The molecule has 0 aliphatic heterocycles. The Bertz CT molecular complexity index is 1190. The van der Waals surface area contributed by atoms with Gasteiger partial charge in [-0.1, -0.05) is 18.2 Å². The molecule has 0 spiro atoms.